The first-order valence-corrected chi connectivity index (χ1v) is 10.00. The van der Waals surface area contributed by atoms with E-state index in [4.69, 9.17) is 9.94 Å². The Hall–Kier alpha value is -2.14. The van der Waals surface area contributed by atoms with Gasteiger partial charge in [0, 0.05) is 19.0 Å². The third kappa shape index (κ3) is 12.0. The van der Waals surface area contributed by atoms with E-state index >= 15 is 0 Å². The molecule has 0 atom stereocenters. The molecule has 0 saturated carbocycles. The zero-order chi connectivity index (χ0) is 19.7. The maximum Gasteiger partial charge on any atom is 0.303 e. The Bertz CT molecular complexity index is 557. The third-order valence-corrected chi connectivity index (χ3v) is 4.21. The second kappa shape index (κ2) is 15.0. The zero-order valence-corrected chi connectivity index (χ0v) is 16.4. The van der Waals surface area contributed by atoms with Gasteiger partial charge in [-0.15, -0.1) is 0 Å². The standard InChI is InChI=1S/C22H33NO4/c1-2-3-4-5-6-7-8-12-16-21(24)23(18-13-17-22(25)26)27-19-20-14-10-9-11-15-20/h9-12,14-16H,2-8,13,17-19H2,1H3,(H,25,26). The van der Waals surface area contributed by atoms with Gasteiger partial charge in [0.2, 0.25) is 0 Å². The molecule has 0 saturated heterocycles. The van der Waals surface area contributed by atoms with Crippen LogP contribution in [0.4, 0.5) is 0 Å². The van der Waals surface area contributed by atoms with Crippen LogP contribution in [0.25, 0.3) is 0 Å². The van der Waals surface area contributed by atoms with Crippen molar-refractivity contribution < 1.29 is 19.5 Å². The van der Waals surface area contributed by atoms with Gasteiger partial charge in [-0.05, 0) is 24.8 Å². The van der Waals surface area contributed by atoms with Crippen LogP contribution < -0.4 is 0 Å². The Morgan fingerprint density at radius 3 is 2.44 bits per heavy atom. The van der Waals surface area contributed by atoms with Crippen LogP contribution in [0.3, 0.4) is 0 Å². The summed E-state index contributed by atoms with van der Waals surface area (Å²) >= 11 is 0. The van der Waals surface area contributed by atoms with Crippen LogP contribution in [-0.2, 0) is 21.0 Å². The Kier molecular flexibility index (Phi) is 12.7. The van der Waals surface area contributed by atoms with Crippen molar-refractivity contribution in [2.75, 3.05) is 6.54 Å². The van der Waals surface area contributed by atoms with E-state index in [1.165, 1.54) is 43.2 Å². The molecule has 1 amide bonds. The molecule has 5 nitrogen and oxygen atoms in total. The van der Waals surface area contributed by atoms with Gasteiger partial charge >= 0.3 is 5.97 Å². The Morgan fingerprint density at radius 1 is 1.04 bits per heavy atom. The fourth-order valence-electron chi connectivity index (χ4n) is 2.65. The fraction of sp³-hybridized carbons (Fsp3) is 0.545. The van der Waals surface area contributed by atoms with E-state index < -0.39 is 5.97 Å². The number of unbranched alkanes of at least 4 members (excludes halogenated alkanes) is 6. The van der Waals surface area contributed by atoms with Crippen LogP contribution in [0.2, 0.25) is 0 Å². The van der Waals surface area contributed by atoms with Crippen LogP contribution in [0, 0.1) is 0 Å². The van der Waals surface area contributed by atoms with Gasteiger partial charge in [0.25, 0.3) is 5.91 Å². The van der Waals surface area contributed by atoms with Crippen LogP contribution in [0.5, 0.6) is 0 Å². The van der Waals surface area contributed by atoms with Crippen molar-refractivity contribution >= 4 is 11.9 Å². The average Bonchev–Trinajstić information content (AvgIpc) is 2.67. The lowest BCUT2D eigenvalue weighted by Crippen LogP contribution is -2.31. The van der Waals surface area contributed by atoms with Gasteiger partial charge < -0.3 is 5.11 Å². The molecular weight excluding hydrogens is 342 g/mol. The number of rotatable bonds is 15. The first kappa shape index (κ1) is 22.9. The number of benzene rings is 1. The topological polar surface area (TPSA) is 66.8 Å². The Labute approximate surface area is 163 Å². The molecule has 0 bridgehead atoms. The lowest BCUT2D eigenvalue weighted by atomic mass is 10.1. The van der Waals surface area contributed by atoms with Gasteiger partial charge in [-0.2, -0.15) is 0 Å². The molecule has 0 aliphatic heterocycles. The van der Waals surface area contributed by atoms with Crippen LogP contribution in [-0.4, -0.2) is 28.6 Å². The number of carboxylic acid groups (broad SMARTS) is 1. The fourth-order valence-corrected chi connectivity index (χ4v) is 2.65. The molecule has 0 unspecified atom stereocenters. The molecule has 1 N–H and O–H groups in total. The molecule has 0 aliphatic carbocycles. The number of hydroxylamine groups is 2. The van der Waals surface area contributed by atoms with E-state index in [0.29, 0.717) is 6.42 Å². The van der Waals surface area contributed by atoms with Crippen molar-refractivity contribution in [3.05, 3.63) is 48.0 Å². The number of hydrogen-bond donors (Lipinski definition) is 1. The summed E-state index contributed by atoms with van der Waals surface area (Å²) in [5, 5.41) is 10.1. The van der Waals surface area contributed by atoms with Crippen LogP contribution >= 0.6 is 0 Å². The minimum absolute atomic E-state index is 0.0138. The molecule has 1 aromatic carbocycles. The predicted octanol–water partition coefficient (Wildman–Crippen LogP) is 5.12. The lowest BCUT2D eigenvalue weighted by molar-refractivity contribution is -0.186. The summed E-state index contributed by atoms with van der Waals surface area (Å²) in [6.07, 6.45) is 12.0. The predicted molar refractivity (Wildman–Crippen MR) is 107 cm³/mol. The molecule has 1 aromatic rings. The Balaban J connectivity index is 2.40. The molecule has 5 heteroatoms. The van der Waals surface area contributed by atoms with Gasteiger partial charge in [0.05, 0.1) is 0 Å². The smallest absolute Gasteiger partial charge is 0.303 e. The van der Waals surface area contributed by atoms with E-state index in [-0.39, 0.29) is 25.5 Å². The minimum Gasteiger partial charge on any atom is -0.481 e. The van der Waals surface area contributed by atoms with Crippen LogP contribution in [0.1, 0.15) is 70.3 Å². The van der Waals surface area contributed by atoms with Crippen molar-refractivity contribution in [2.45, 2.75) is 71.3 Å². The van der Waals surface area contributed by atoms with E-state index in [1.54, 1.807) is 0 Å². The van der Waals surface area contributed by atoms with Gasteiger partial charge in [0.1, 0.15) is 6.61 Å². The Morgan fingerprint density at radius 2 is 1.74 bits per heavy atom. The largest absolute Gasteiger partial charge is 0.481 e. The second-order valence-electron chi connectivity index (χ2n) is 6.66. The van der Waals surface area contributed by atoms with E-state index in [0.717, 1.165) is 18.4 Å². The third-order valence-electron chi connectivity index (χ3n) is 4.21. The van der Waals surface area contributed by atoms with Crippen molar-refractivity contribution in [2.24, 2.45) is 0 Å². The molecule has 27 heavy (non-hydrogen) atoms. The SMILES string of the molecule is CCCCCCCCC=CC(=O)N(CCCC(=O)O)OCc1ccccc1. The summed E-state index contributed by atoms with van der Waals surface area (Å²) in [5.41, 5.74) is 0.963. The number of allylic oxidation sites excluding steroid dienone is 1. The van der Waals surface area contributed by atoms with E-state index in [2.05, 4.69) is 6.92 Å². The monoisotopic (exact) mass is 375 g/mol. The van der Waals surface area contributed by atoms with Crippen LogP contribution in [0.15, 0.2) is 42.5 Å². The molecule has 0 aliphatic rings. The maximum absolute atomic E-state index is 12.4. The number of hydrogen-bond acceptors (Lipinski definition) is 3. The molecule has 0 fully saturated rings. The number of aliphatic carboxylic acids is 1. The molecule has 0 spiro atoms. The molecule has 0 radical (unpaired) electrons. The second-order valence-corrected chi connectivity index (χ2v) is 6.66. The van der Waals surface area contributed by atoms with E-state index in [9.17, 15) is 9.59 Å². The van der Waals surface area contributed by atoms with Gasteiger partial charge in [-0.25, -0.2) is 5.06 Å². The number of carbonyl (C=O) groups excluding carboxylic acids is 1. The summed E-state index contributed by atoms with van der Waals surface area (Å²) in [6, 6.07) is 9.60. The maximum atomic E-state index is 12.4. The number of amides is 1. The first-order chi connectivity index (χ1) is 13.1. The highest BCUT2D eigenvalue weighted by Gasteiger charge is 2.12. The average molecular weight is 376 g/mol. The molecule has 1 rings (SSSR count). The lowest BCUT2D eigenvalue weighted by Gasteiger charge is -2.20. The van der Waals surface area contributed by atoms with Gasteiger partial charge in [-0.1, -0.05) is 75.4 Å². The summed E-state index contributed by atoms with van der Waals surface area (Å²) in [7, 11) is 0. The van der Waals surface area contributed by atoms with Crippen molar-refractivity contribution in [3.8, 4) is 0 Å². The molecule has 150 valence electrons. The van der Waals surface area contributed by atoms with Crippen molar-refractivity contribution in [3.63, 3.8) is 0 Å². The molecule has 0 heterocycles. The van der Waals surface area contributed by atoms with Gasteiger partial charge in [0.15, 0.2) is 0 Å². The highest BCUT2D eigenvalue weighted by Crippen LogP contribution is 2.09. The number of carbonyl (C=O) groups is 2. The first-order valence-electron chi connectivity index (χ1n) is 10.00. The highest BCUT2D eigenvalue weighted by atomic mass is 16.7. The zero-order valence-electron chi connectivity index (χ0n) is 16.4. The summed E-state index contributed by atoms with van der Waals surface area (Å²) < 4.78 is 0. The van der Waals surface area contributed by atoms with E-state index in [1.807, 2.05) is 36.4 Å². The quantitative estimate of drug-likeness (QED) is 0.262. The van der Waals surface area contributed by atoms with Gasteiger partial charge in [-0.3, -0.25) is 14.4 Å². The molecular formula is C22H33NO4. The summed E-state index contributed by atoms with van der Waals surface area (Å²) in [4.78, 5) is 28.7. The normalized spacial score (nSPS) is 11.0. The summed E-state index contributed by atoms with van der Waals surface area (Å²) in [6.45, 7) is 2.75. The number of nitrogens with zero attached hydrogens (tertiary/aromatic N) is 1. The summed E-state index contributed by atoms with van der Waals surface area (Å²) in [5.74, 6) is -1.11. The van der Waals surface area contributed by atoms with Crippen molar-refractivity contribution in [1.29, 1.82) is 0 Å². The molecule has 0 aromatic heterocycles. The van der Waals surface area contributed by atoms with Crippen molar-refractivity contribution in [1.82, 2.24) is 5.06 Å². The minimum atomic E-state index is -0.871. The number of carboxylic acids is 1. The highest BCUT2D eigenvalue weighted by molar-refractivity contribution is 5.86.